The summed E-state index contributed by atoms with van der Waals surface area (Å²) in [5, 5.41) is 2.59. The SMILES string of the molecule is CC(C)OC(=O)Nc1ccncc1Br. The lowest BCUT2D eigenvalue weighted by Crippen LogP contribution is -2.18. The summed E-state index contributed by atoms with van der Waals surface area (Å²) in [4.78, 5) is 15.1. The lowest BCUT2D eigenvalue weighted by atomic mass is 10.4. The molecular weight excluding hydrogens is 248 g/mol. The first-order valence-electron chi connectivity index (χ1n) is 4.16. The zero-order chi connectivity index (χ0) is 10.6. The lowest BCUT2D eigenvalue weighted by molar-refractivity contribution is 0.130. The maximum Gasteiger partial charge on any atom is 0.411 e. The van der Waals surface area contributed by atoms with Crippen molar-refractivity contribution in [3.63, 3.8) is 0 Å². The minimum Gasteiger partial charge on any atom is -0.447 e. The van der Waals surface area contributed by atoms with Crippen LogP contribution < -0.4 is 5.32 Å². The first-order valence-corrected chi connectivity index (χ1v) is 4.96. The summed E-state index contributed by atoms with van der Waals surface area (Å²) in [5.74, 6) is 0. The highest BCUT2D eigenvalue weighted by atomic mass is 79.9. The van der Waals surface area contributed by atoms with Crippen LogP contribution in [0.5, 0.6) is 0 Å². The van der Waals surface area contributed by atoms with Gasteiger partial charge >= 0.3 is 6.09 Å². The molecule has 1 heterocycles. The highest BCUT2D eigenvalue weighted by molar-refractivity contribution is 9.10. The van der Waals surface area contributed by atoms with E-state index in [-0.39, 0.29) is 6.10 Å². The molecule has 5 heteroatoms. The third-order valence-corrected chi connectivity index (χ3v) is 1.98. The van der Waals surface area contributed by atoms with Crippen LogP contribution in [-0.2, 0) is 4.74 Å². The molecule has 0 aromatic carbocycles. The molecule has 1 amide bonds. The maximum atomic E-state index is 11.2. The Bertz CT molecular complexity index is 328. The molecule has 0 unspecified atom stereocenters. The van der Waals surface area contributed by atoms with Crippen LogP contribution in [0.15, 0.2) is 22.9 Å². The van der Waals surface area contributed by atoms with Gasteiger partial charge in [0.15, 0.2) is 0 Å². The molecule has 0 aliphatic rings. The molecule has 0 radical (unpaired) electrons. The predicted octanol–water partition coefficient (Wildman–Crippen LogP) is 2.80. The average molecular weight is 259 g/mol. The van der Waals surface area contributed by atoms with Crippen molar-refractivity contribution >= 4 is 27.7 Å². The maximum absolute atomic E-state index is 11.2. The smallest absolute Gasteiger partial charge is 0.411 e. The van der Waals surface area contributed by atoms with E-state index in [1.807, 2.05) is 0 Å². The van der Waals surface area contributed by atoms with Crippen molar-refractivity contribution in [2.75, 3.05) is 5.32 Å². The number of nitrogens with zero attached hydrogens (tertiary/aromatic N) is 1. The molecule has 0 saturated carbocycles. The predicted molar refractivity (Wildman–Crippen MR) is 57.2 cm³/mol. The highest BCUT2D eigenvalue weighted by Crippen LogP contribution is 2.19. The Morgan fingerprint density at radius 1 is 1.64 bits per heavy atom. The molecule has 76 valence electrons. The van der Waals surface area contributed by atoms with Crippen molar-refractivity contribution < 1.29 is 9.53 Å². The topological polar surface area (TPSA) is 51.2 Å². The van der Waals surface area contributed by atoms with Crippen LogP contribution in [0.3, 0.4) is 0 Å². The molecule has 1 aromatic rings. The van der Waals surface area contributed by atoms with E-state index in [1.54, 1.807) is 32.3 Å². The summed E-state index contributed by atoms with van der Waals surface area (Å²) in [6.45, 7) is 3.59. The summed E-state index contributed by atoms with van der Waals surface area (Å²) >= 11 is 3.26. The number of anilines is 1. The standard InChI is InChI=1S/C9H11BrN2O2/c1-6(2)14-9(13)12-8-3-4-11-5-7(8)10/h3-6H,1-2H3,(H,11,12,13). The van der Waals surface area contributed by atoms with E-state index in [9.17, 15) is 4.79 Å². The number of amides is 1. The second-order valence-corrected chi connectivity index (χ2v) is 3.79. The van der Waals surface area contributed by atoms with Crippen LogP contribution in [0.4, 0.5) is 10.5 Å². The molecule has 0 spiro atoms. The molecule has 1 N–H and O–H groups in total. The summed E-state index contributed by atoms with van der Waals surface area (Å²) < 4.78 is 5.64. The van der Waals surface area contributed by atoms with Gasteiger partial charge in [-0.05, 0) is 35.8 Å². The van der Waals surface area contributed by atoms with Crippen molar-refractivity contribution in [1.29, 1.82) is 0 Å². The lowest BCUT2D eigenvalue weighted by Gasteiger charge is -2.09. The first kappa shape index (κ1) is 11.0. The summed E-state index contributed by atoms with van der Waals surface area (Å²) in [7, 11) is 0. The van der Waals surface area contributed by atoms with Crippen molar-refractivity contribution in [2.45, 2.75) is 20.0 Å². The number of ether oxygens (including phenoxy) is 1. The number of hydrogen-bond acceptors (Lipinski definition) is 3. The van der Waals surface area contributed by atoms with Gasteiger partial charge < -0.3 is 4.74 Å². The fourth-order valence-electron chi connectivity index (χ4n) is 0.830. The monoisotopic (exact) mass is 258 g/mol. The van der Waals surface area contributed by atoms with Crippen molar-refractivity contribution in [3.8, 4) is 0 Å². The summed E-state index contributed by atoms with van der Waals surface area (Å²) in [6.07, 6.45) is 2.60. The number of carbonyl (C=O) groups is 1. The Hall–Kier alpha value is -1.10. The van der Waals surface area contributed by atoms with E-state index in [2.05, 4.69) is 26.2 Å². The van der Waals surface area contributed by atoms with Crippen molar-refractivity contribution in [2.24, 2.45) is 0 Å². The first-order chi connectivity index (χ1) is 6.59. The van der Waals surface area contributed by atoms with Gasteiger partial charge in [-0.2, -0.15) is 0 Å². The molecular formula is C9H11BrN2O2. The van der Waals surface area contributed by atoms with Crippen LogP contribution in [-0.4, -0.2) is 17.2 Å². The number of halogens is 1. The molecule has 14 heavy (non-hydrogen) atoms. The number of nitrogens with one attached hydrogen (secondary N) is 1. The van der Waals surface area contributed by atoms with Gasteiger partial charge in [-0.3, -0.25) is 10.3 Å². The van der Waals surface area contributed by atoms with Crippen LogP contribution in [0, 0.1) is 0 Å². The normalized spacial score (nSPS) is 10.0. The Labute approximate surface area is 90.8 Å². The fraction of sp³-hybridized carbons (Fsp3) is 0.333. The molecule has 1 rings (SSSR count). The third kappa shape index (κ3) is 3.33. The third-order valence-electron chi connectivity index (χ3n) is 1.35. The number of hydrogen-bond donors (Lipinski definition) is 1. The zero-order valence-corrected chi connectivity index (χ0v) is 9.54. The van der Waals surface area contributed by atoms with Gasteiger partial charge in [-0.15, -0.1) is 0 Å². The van der Waals surface area contributed by atoms with Gasteiger partial charge in [0.2, 0.25) is 0 Å². The van der Waals surface area contributed by atoms with E-state index in [0.717, 1.165) is 4.47 Å². The second kappa shape index (κ2) is 4.95. The minimum absolute atomic E-state index is 0.129. The van der Waals surface area contributed by atoms with Gasteiger partial charge in [0.25, 0.3) is 0 Å². The van der Waals surface area contributed by atoms with E-state index in [1.165, 1.54) is 0 Å². The molecule has 0 aliphatic carbocycles. The molecule has 0 bridgehead atoms. The Morgan fingerprint density at radius 3 is 2.93 bits per heavy atom. The van der Waals surface area contributed by atoms with Crippen LogP contribution in [0.2, 0.25) is 0 Å². The summed E-state index contributed by atoms with van der Waals surface area (Å²) in [5.41, 5.74) is 0.644. The fourth-order valence-corrected chi connectivity index (χ4v) is 1.18. The summed E-state index contributed by atoms with van der Waals surface area (Å²) in [6, 6.07) is 1.69. The van der Waals surface area contributed by atoms with Crippen LogP contribution >= 0.6 is 15.9 Å². The number of pyridine rings is 1. The molecule has 0 aliphatic heterocycles. The van der Waals surface area contributed by atoms with Gasteiger partial charge in [0, 0.05) is 12.4 Å². The van der Waals surface area contributed by atoms with E-state index < -0.39 is 6.09 Å². The number of rotatable bonds is 2. The van der Waals surface area contributed by atoms with Crippen LogP contribution in [0.25, 0.3) is 0 Å². The Balaban J connectivity index is 2.61. The highest BCUT2D eigenvalue weighted by Gasteiger charge is 2.07. The van der Waals surface area contributed by atoms with Gasteiger partial charge in [0.05, 0.1) is 16.3 Å². The van der Waals surface area contributed by atoms with Crippen molar-refractivity contribution in [3.05, 3.63) is 22.9 Å². The largest absolute Gasteiger partial charge is 0.447 e. The van der Waals surface area contributed by atoms with Crippen molar-refractivity contribution in [1.82, 2.24) is 4.98 Å². The van der Waals surface area contributed by atoms with E-state index >= 15 is 0 Å². The number of aromatic nitrogens is 1. The van der Waals surface area contributed by atoms with Gasteiger partial charge in [0.1, 0.15) is 0 Å². The molecule has 4 nitrogen and oxygen atoms in total. The van der Waals surface area contributed by atoms with Gasteiger partial charge in [-0.25, -0.2) is 4.79 Å². The molecule has 0 atom stereocenters. The minimum atomic E-state index is -0.466. The Morgan fingerprint density at radius 2 is 2.36 bits per heavy atom. The zero-order valence-electron chi connectivity index (χ0n) is 7.95. The Kier molecular flexibility index (Phi) is 3.88. The number of carbonyl (C=O) groups excluding carboxylic acids is 1. The molecule has 1 aromatic heterocycles. The van der Waals surface area contributed by atoms with Gasteiger partial charge in [-0.1, -0.05) is 0 Å². The molecule has 0 saturated heterocycles. The van der Waals surface area contributed by atoms with E-state index in [4.69, 9.17) is 4.74 Å². The average Bonchev–Trinajstić information content (AvgIpc) is 2.07. The molecule has 0 fully saturated rings. The van der Waals surface area contributed by atoms with Crippen LogP contribution in [0.1, 0.15) is 13.8 Å². The second-order valence-electron chi connectivity index (χ2n) is 2.93. The quantitative estimate of drug-likeness (QED) is 0.888. The van der Waals surface area contributed by atoms with E-state index in [0.29, 0.717) is 5.69 Å².